The fourth-order valence-electron chi connectivity index (χ4n) is 1.45. The van der Waals surface area contributed by atoms with Gasteiger partial charge in [-0.3, -0.25) is 14.4 Å². The zero-order valence-corrected chi connectivity index (χ0v) is 10.1. The van der Waals surface area contributed by atoms with E-state index in [1.54, 1.807) is 0 Å². The first kappa shape index (κ1) is 13.5. The fourth-order valence-corrected chi connectivity index (χ4v) is 1.45. The molecule has 0 aliphatic heterocycles. The van der Waals surface area contributed by atoms with Crippen LogP contribution in [0.5, 0.6) is 0 Å². The van der Waals surface area contributed by atoms with Crippen molar-refractivity contribution in [3.8, 4) is 0 Å². The molecule has 17 heavy (non-hydrogen) atoms. The van der Waals surface area contributed by atoms with Gasteiger partial charge in [-0.15, -0.1) is 0 Å². The Morgan fingerprint density at radius 3 is 2.47 bits per heavy atom. The molecule has 6 nitrogen and oxygen atoms in total. The highest BCUT2D eigenvalue weighted by molar-refractivity contribution is 5.84. The maximum Gasteiger partial charge on any atom is 0.325 e. The first-order valence-electron chi connectivity index (χ1n) is 5.65. The van der Waals surface area contributed by atoms with Crippen molar-refractivity contribution in [3.63, 3.8) is 0 Å². The van der Waals surface area contributed by atoms with Gasteiger partial charge in [0.05, 0.1) is 7.11 Å². The van der Waals surface area contributed by atoms with Gasteiger partial charge in [-0.2, -0.15) is 0 Å². The largest absolute Gasteiger partial charge is 0.468 e. The molecule has 2 N–H and O–H groups in total. The van der Waals surface area contributed by atoms with Crippen LogP contribution < -0.4 is 10.6 Å². The van der Waals surface area contributed by atoms with Crippen LogP contribution in [0, 0.1) is 11.8 Å². The molecule has 0 radical (unpaired) electrons. The van der Waals surface area contributed by atoms with Crippen LogP contribution in [0.15, 0.2) is 0 Å². The van der Waals surface area contributed by atoms with Crippen molar-refractivity contribution < 1.29 is 19.1 Å². The Morgan fingerprint density at radius 1 is 1.29 bits per heavy atom. The van der Waals surface area contributed by atoms with Gasteiger partial charge in [0.2, 0.25) is 11.8 Å². The second-order valence-corrected chi connectivity index (χ2v) is 4.21. The zero-order valence-electron chi connectivity index (χ0n) is 10.1. The van der Waals surface area contributed by atoms with Gasteiger partial charge < -0.3 is 15.4 Å². The molecular weight excluding hydrogens is 224 g/mol. The zero-order chi connectivity index (χ0) is 12.8. The molecule has 2 atom stereocenters. The maximum absolute atomic E-state index is 11.4. The van der Waals surface area contributed by atoms with Crippen LogP contribution in [-0.2, 0) is 19.1 Å². The van der Waals surface area contributed by atoms with Gasteiger partial charge in [0.15, 0.2) is 0 Å². The number of hydrogen-bond acceptors (Lipinski definition) is 4. The van der Waals surface area contributed by atoms with E-state index in [4.69, 9.17) is 0 Å². The van der Waals surface area contributed by atoms with E-state index in [2.05, 4.69) is 15.4 Å². The molecule has 1 saturated carbocycles. The lowest BCUT2D eigenvalue weighted by molar-refractivity contribution is -0.141. The van der Waals surface area contributed by atoms with Gasteiger partial charge in [0.1, 0.15) is 6.54 Å². The quantitative estimate of drug-likeness (QED) is 0.611. The standard InChI is InChI=1S/C11H18N2O4/c1-7-5-8(7)11(16)12-4-3-9(14)13-6-10(15)17-2/h7-8H,3-6H2,1-2H3,(H,12,16)(H,13,14). The van der Waals surface area contributed by atoms with E-state index in [-0.39, 0.29) is 30.7 Å². The Hall–Kier alpha value is -1.59. The first-order valence-corrected chi connectivity index (χ1v) is 5.65. The van der Waals surface area contributed by atoms with Crippen LogP contribution in [0.25, 0.3) is 0 Å². The minimum absolute atomic E-state index is 0.0123. The highest BCUT2D eigenvalue weighted by Crippen LogP contribution is 2.37. The van der Waals surface area contributed by atoms with Gasteiger partial charge in [-0.05, 0) is 12.3 Å². The Kier molecular flexibility index (Phi) is 4.93. The molecule has 1 rings (SSSR count). The molecule has 2 unspecified atom stereocenters. The lowest BCUT2D eigenvalue weighted by Crippen LogP contribution is -2.34. The summed E-state index contributed by atoms with van der Waals surface area (Å²) in [5.41, 5.74) is 0. The summed E-state index contributed by atoms with van der Waals surface area (Å²) in [5.74, 6) is -0.178. The third-order valence-corrected chi connectivity index (χ3v) is 2.76. The summed E-state index contributed by atoms with van der Waals surface area (Å²) in [6, 6.07) is 0. The maximum atomic E-state index is 11.4. The number of rotatable bonds is 6. The Morgan fingerprint density at radius 2 is 1.94 bits per heavy atom. The van der Waals surface area contributed by atoms with E-state index >= 15 is 0 Å². The number of esters is 1. The Bertz CT molecular complexity index is 317. The molecule has 0 saturated heterocycles. The van der Waals surface area contributed by atoms with E-state index in [9.17, 15) is 14.4 Å². The smallest absolute Gasteiger partial charge is 0.325 e. The van der Waals surface area contributed by atoms with E-state index in [0.717, 1.165) is 6.42 Å². The average molecular weight is 242 g/mol. The summed E-state index contributed by atoms with van der Waals surface area (Å²) in [6.45, 7) is 2.19. The lowest BCUT2D eigenvalue weighted by Gasteiger charge is -2.05. The van der Waals surface area contributed by atoms with Gasteiger partial charge in [-0.1, -0.05) is 6.92 Å². The van der Waals surface area contributed by atoms with Crippen LogP contribution in [0.1, 0.15) is 19.8 Å². The van der Waals surface area contributed by atoms with E-state index in [0.29, 0.717) is 12.5 Å². The number of ether oxygens (including phenoxy) is 1. The van der Waals surface area contributed by atoms with Gasteiger partial charge in [-0.25, -0.2) is 0 Å². The molecule has 0 aromatic rings. The van der Waals surface area contributed by atoms with Crippen molar-refractivity contribution in [2.75, 3.05) is 20.2 Å². The number of carbonyl (C=O) groups excluding carboxylic acids is 3. The van der Waals surface area contributed by atoms with Crippen LogP contribution in [0.4, 0.5) is 0 Å². The molecule has 96 valence electrons. The normalized spacial score (nSPS) is 21.5. The molecule has 1 fully saturated rings. The van der Waals surface area contributed by atoms with Crippen molar-refractivity contribution in [2.45, 2.75) is 19.8 Å². The molecule has 0 aromatic carbocycles. The lowest BCUT2D eigenvalue weighted by atomic mass is 10.3. The Labute approximate surface area is 100 Å². The predicted octanol–water partition coefficient (Wildman–Crippen LogP) is -0.562. The predicted molar refractivity (Wildman–Crippen MR) is 59.9 cm³/mol. The molecule has 0 aromatic heterocycles. The summed E-state index contributed by atoms with van der Waals surface area (Å²) in [4.78, 5) is 33.3. The summed E-state index contributed by atoms with van der Waals surface area (Å²) in [6.07, 6.45) is 1.10. The van der Waals surface area contributed by atoms with Gasteiger partial charge in [0.25, 0.3) is 0 Å². The van der Waals surface area contributed by atoms with Crippen molar-refractivity contribution in [1.82, 2.24) is 10.6 Å². The second kappa shape index (κ2) is 6.22. The molecule has 6 heteroatoms. The van der Waals surface area contributed by atoms with Gasteiger partial charge in [0, 0.05) is 18.9 Å². The molecule has 0 heterocycles. The fraction of sp³-hybridized carbons (Fsp3) is 0.727. The monoisotopic (exact) mass is 242 g/mol. The summed E-state index contributed by atoms with van der Waals surface area (Å²) in [5, 5.41) is 5.09. The Balaban J connectivity index is 2.04. The molecule has 2 amide bonds. The third kappa shape index (κ3) is 4.84. The number of carbonyl (C=O) groups is 3. The summed E-state index contributed by atoms with van der Waals surface area (Å²) in [7, 11) is 1.26. The SMILES string of the molecule is COC(=O)CNC(=O)CCNC(=O)C1CC1C. The summed E-state index contributed by atoms with van der Waals surface area (Å²) < 4.78 is 4.37. The van der Waals surface area contributed by atoms with Crippen LogP contribution in [0.3, 0.4) is 0 Å². The highest BCUT2D eigenvalue weighted by atomic mass is 16.5. The van der Waals surface area contributed by atoms with E-state index in [1.165, 1.54) is 7.11 Å². The third-order valence-electron chi connectivity index (χ3n) is 2.76. The average Bonchev–Trinajstić information content (AvgIpc) is 3.03. The van der Waals surface area contributed by atoms with E-state index in [1.807, 2.05) is 6.92 Å². The summed E-state index contributed by atoms with van der Waals surface area (Å²) >= 11 is 0. The van der Waals surface area contributed by atoms with Crippen molar-refractivity contribution in [1.29, 1.82) is 0 Å². The van der Waals surface area contributed by atoms with Crippen molar-refractivity contribution >= 4 is 17.8 Å². The topological polar surface area (TPSA) is 84.5 Å². The van der Waals surface area contributed by atoms with Crippen molar-refractivity contribution in [2.24, 2.45) is 11.8 Å². The minimum Gasteiger partial charge on any atom is -0.468 e. The first-order chi connectivity index (χ1) is 8.04. The van der Waals surface area contributed by atoms with Crippen molar-refractivity contribution in [3.05, 3.63) is 0 Å². The molecule has 1 aliphatic rings. The number of nitrogens with one attached hydrogen (secondary N) is 2. The second-order valence-electron chi connectivity index (χ2n) is 4.21. The minimum atomic E-state index is -0.491. The van der Waals surface area contributed by atoms with Crippen LogP contribution >= 0.6 is 0 Å². The molecule has 0 bridgehead atoms. The molecule has 0 spiro atoms. The van der Waals surface area contributed by atoms with Gasteiger partial charge >= 0.3 is 5.97 Å². The van der Waals surface area contributed by atoms with Crippen LogP contribution in [0.2, 0.25) is 0 Å². The number of amides is 2. The number of hydrogen-bond donors (Lipinski definition) is 2. The van der Waals surface area contributed by atoms with E-state index < -0.39 is 5.97 Å². The molecule has 1 aliphatic carbocycles. The highest BCUT2D eigenvalue weighted by Gasteiger charge is 2.38. The molecular formula is C11H18N2O4. The van der Waals surface area contributed by atoms with Crippen LogP contribution in [-0.4, -0.2) is 38.0 Å². The number of methoxy groups -OCH3 is 1.